The maximum atomic E-state index is 11.0. The van der Waals surface area contributed by atoms with Crippen molar-refractivity contribution in [2.45, 2.75) is 38.0 Å². The van der Waals surface area contributed by atoms with Gasteiger partial charge in [-0.05, 0) is 25.3 Å². The second-order valence-corrected chi connectivity index (χ2v) is 5.15. The Morgan fingerprint density at radius 3 is 2.95 bits per heavy atom. The molecule has 1 fully saturated rings. The van der Waals surface area contributed by atoms with Crippen LogP contribution >= 0.6 is 11.6 Å². The van der Waals surface area contributed by atoms with E-state index < -0.39 is 4.92 Å². The van der Waals surface area contributed by atoms with E-state index in [1.165, 1.54) is 6.07 Å². The molecule has 1 saturated carbocycles. The summed E-state index contributed by atoms with van der Waals surface area (Å²) in [4.78, 5) is 10.6. The minimum absolute atomic E-state index is 0.0706. The Labute approximate surface area is 117 Å². The number of methoxy groups -OCH3 is 1. The molecule has 2 unspecified atom stereocenters. The fourth-order valence-corrected chi connectivity index (χ4v) is 2.72. The molecule has 0 radical (unpaired) electrons. The Balaban J connectivity index is 2.02. The molecule has 0 heterocycles. The average molecular weight is 285 g/mol. The number of nitrogens with zero attached hydrogens (tertiary/aromatic N) is 1. The first kappa shape index (κ1) is 14.2. The van der Waals surface area contributed by atoms with Crippen molar-refractivity contribution in [2.24, 2.45) is 0 Å². The molecule has 0 aliphatic heterocycles. The van der Waals surface area contributed by atoms with Gasteiger partial charge in [0, 0.05) is 25.8 Å². The maximum absolute atomic E-state index is 11.0. The molecule has 104 valence electrons. The van der Waals surface area contributed by atoms with Gasteiger partial charge in [-0.2, -0.15) is 0 Å². The van der Waals surface area contributed by atoms with Crippen LogP contribution < -0.4 is 5.32 Å². The standard InChI is InChI=1S/C13H17ClN2O3/c1-19-10-6-5-9(7-10)15-8-11-12(14)3-2-4-13(11)16(17)18/h2-4,9-10,15H,5-8H2,1H3. The van der Waals surface area contributed by atoms with Crippen molar-refractivity contribution in [3.8, 4) is 0 Å². The molecule has 1 aromatic rings. The first-order valence-electron chi connectivity index (χ1n) is 6.29. The zero-order chi connectivity index (χ0) is 13.8. The predicted octanol–water partition coefficient (Wildman–Crippen LogP) is 2.91. The zero-order valence-corrected chi connectivity index (χ0v) is 11.5. The van der Waals surface area contributed by atoms with Gasteiger partial charge in [0.05, 0.1) is 21.6 Å². The van der Waals surface area contributed by atoms with E-state index in [2.05, 4.69) is 5.32 Å². The largest absolute Gasteiger partial charge is 0.381 e. The van der Waals surface area contributed by atoms with Crippen molar-refractivity contribution >= 4 is 17.3 Å². The summed E-state index contributed by atoms with van der Waals surface area (Å²) in [7, 11) is 1.71. The van der Waals surface area contributed by atoms with Crippen molar-refractivity contribution in [3.05, 3.63) is 38.9 Å². The molecule has 1 aromatic carbocycles. The highest BCUT2D eigenvalue weighted by Crippen LogP contribution is 2.27. The smallest absolute Gasteiger partial charge is 0.275 e. The summed E-state index contributed by atoms with van der Waals surface area (Å²) in [5, 5.41) is 14.7. The summed E-state index contributed by atoms with van der Waals surface area (Å²) >= 11 is 6.05. The lowest BCUT2D eigenvalue weighted by molar-refractivity contribution is -0.385. The van der Waals surface area contributed by atoms with E-state index in [1.54, 1.807) is 19.2 Å². The average Bonchev–Trinajstić information content (AvgIpc) is 2.85. The van der Waals surface area contributed by atoms with Crippen molar-refractivity contribution in [1.82, 2.24) is 5.32 Å². The fourth-order valence-electron chi connectivity index (χ4n) is 2.48. The van der Waals surface area contributed by atoms with Crippen LogP contribution in [0.1, 0.15) is 24.8 Å². The SMILES string of the molecule is COC1CCC(NCc2c(Cl)cccc2[N+](=O)[O-])C1. The Bertz CT molecular complexity index is 467. The molecule has 0 bridgehead atoms. The molecule has 0 saturated heterocycles. The van der Waals surface area contributed by atoms with Gasteiger partial charge in [0.15, 0.2) is 0 Å². The van der Waals surface area contributed by atoms with Crippen LogP contribution in [0.2, 0.25) is 5.02 Å². The molecular formula is C13H17ClN2O3. The molecule has 0 aromatic heterocycles. The second-order valence-electron chi connectivity index (χ2n) is 4.74. The van der Waals surface area contributed by atoms with Crippen LogP contribution in [0.3, 0.4) is 0 Å². The molecule has 0 spiro atoms. The highest BCUT2D eigenvalue weighted by molar-refractivity contribution is 6.31. The van der Waals surface area contributed by atoms with Crippen molar-refractivity contribution in [3.63, 3.8) is 0 Å². The van der Waals surface area contributed by atoms with Crippen molar-refractivity contribution < 1.29 is 9.66 Å². The van der Waals surface area contributed by atoms with Gasteiger partial charge < -0.3 is 10.1 Å². The van der Waals surface area contributed by atoms with E-state index in [0.717, 1.165) is 19.3 Å². The van der Waals surface area contributed by atoms with Crippen LogP contribution in [0.25, 0.3) is 0 Å². The van der Waals surface area contributed by atoms with Crippen LogP contribution in [0.15, 0.2) is 18.2 Å². The Morgan fingerprint density at radius 1 is 1.53 bits per heavy atom. The highest BCUT2D eigenvalue weighted by atomic mass is 35.5. The number of ether oxygens (including phenoxy) is 1. The van der Waals surface area contributed by atoms with Gasteiger partial charge in [-0.25, -0.2) is 0 Å². The van der Waals surface area contributed by atoms with E-state index in [4.69, 9.17) is 16.3 Å². The number of nitro groups is 1. The monoisotopic (exact) mass is 284 g/mol. The molecule has 1 N–H and O–H groups in total. The van der Waals surface area contributed by atoms with E-state index in [0.29, 0.717) is 29.3 Å². The molecule has 2 atom stereocenters. The van der Waals surface area contributed by atoms with Crippen molar-refractivity contribution in [2.75, 3.05) is 7.11 Å². The number of rotatable bonds is 5. The number of nitrogens with one attached hydrogen (secondary N) is 1. The maximum Gasteiger partial charge on any atom is 0.275 e. The normalized spacial score (nSPS) is 22.6. The van der Waals surface area contributed by atoms with Crippen LogP contribution in [0.5, 0.6) is 0 Å². The third-order valence-electron chi connectivity index (χ3n) is 3.58. The molecule has 1 aliphatic rings. The van der Waals surface area contributed by atoms with Gasteiger partial charge in [-0.15, -0.1) is 0 Å². The second kappa shape index (κ2) is 6.32. The quantitative estimate of drug-likeness (QED) is 0.667. The molecule has 19 heavy (non-hydrogen) atoms. The van der Waals surface area contributed by atoms with E-state index in [1.807, 2.05) is 0 Å². The lowest BCUT2D eigenvalue weighted by atomic mass is 10.1. The van der Waals surface area contributed by atoms with Gasteiger partial charge in [0.2, 0.25) is 0 Å². The molecular weight excluding hydrogens is 268 g/mol. The highest BCUT2D eigenvalue weighted by Gasteiger charge is 2.25. The van der Waals surface area contributed by atoms with Crippen LogP contribution in [0.4, 0.5) is 5.69 Å². The number of nitro benzene ring substituents is 1. The fraction of sp³-hybridized carbons (Fsp3) is 0.538. The molecule has 2 rings (SSSR count). The zero-order valence-electron chi connectivity index (χ0n) is 10.8. The lowest BCUT2D eigenvalue weighted by Gasteiger charge is -2.13. The summed E-state index contributed by atoms with van der Waals surface area (Å²) in [5.41, 5.74) is 0.622. The molecule has 5 nitrogen and oxygen atoms in total. The molecule has 1 aliphatic carbocycles. The summed E-state index contributed by atoms with van der Waals surface area (Å²) in [5.74, 6) is 0. The summed E-state index contributed by atoms with van der Waals surface area (Å²) < 4.78 is 5.30. The Morgan fingerprint density at radius 2 is 2.32 bits per heavy atom. The first-order valence-corrected chi connectivity index (χ1v) is 6.67. The van der Waals surface area contributed by atoms with E-state index >= 15 is 0 Å². The topological polar surface area (TPSA) is 64.4 Å². The minimum Gasteiger partial charge on any atom is -0.381 e. The molecule has 0 amide bonds. The van der Waals surface area contributed by atoms with Crippen LogP contribution in [-0.2, 0) is 11.3 Å². The van der Waals surface area contributed by atoms with Gasteiger partial charge in [0.1, 0.15) is 0 Å². The van der Waals surface area contributed by atoms with Gasteiger partial charge in [-0.3, -0.25) is 10.1 Å². The number of hydrogen-bond donors (Lipinski definition) is 1. The minimum atomic E-state index is -0.393. The van der Waals surface area contributed by atoms with Crippen LogP contribution in [-0.4, -0.2) is 24.2 Å². The van der Waals surface area contributed by atoms with Gasteiger partial charge in [0.25, 0.3) is 5.69 Å². The number of benzene rings is 1. The summed E-state index contributed by atoms with van der Waals surface area (Å²) in [6, 6.07) is 5.09. The predicted molar refractivity (Wildman–Crippen MR) is 73.4 cm³/mol. The summed E-state index contributed by atoms with van der Waals surface area (Å²) in [6.45, 7) is 0.414. The lowest BCUT2D eigenvalue weighted by Crippen LogP contribution is -2.27. The third-order valence-corrected chi connectivity index (χ3v) is 3.93. The van der Waals surface area contributed by atoms with E-state index in [-0.39, 0.29) is 5.69 Å². The molecule has 6 heteroatoms. The number of halogens is 1. The van der Waals surface area contributed by atoms with Gasteiger partial charge in [-0.1, -0.05) is 17.7 Å². The Kier molecular flexibility index (Phi) is 4.74. The first-order chi connectivity index (χ1) is 9.11. The Hall–Kier alpha value is -1.17. The van der Waals surface area contributed by atoms with Gasteiger partial charge >= 0.3 is 0 Å². The number of hydrogen-bond acceptors (Lipinski definition) is 4. The van der Waals surface area contributed by atoms with E-state index in [9.17, 15) is 10.1 Å². The van der Waals surface area contributed by atoms with Crippen molar-refractivity contribution in [1.29, 1.82) is 0 Å². The summed E-state index contributed by atoms with van der Waals surface area (Å²) in [6.07, 6.45) is 3.28. The third kappa shape index (κ3) is 3.43. The van der Waals surface area contributed by atoms with Crippen LogP contribution in [0, 0.1) is 10.1 Å².